The van der Waals surface area contributed by atoms with Crippen molar-refractivity contribution in [2.45, 2.75) is 39.5 Å². The number of rotatable bonds is 5. The standard InChI is InChI=1S/C12H26N2/c1-4-5-8-13-11-12(2)6-9-14(3)10-7-12/h13H,4-11H2,1-3H3. The van der Waals surface area contributed by atoms with Gasteiger partial charge in [-0.25, -0.2) is 0 Å². The van der Waals surface area contributed by atoms with E-state index in [4.69, 9.17) is 0 Å². The molecule has 1 N–H and O–H groups in total. The van der Waals surface area contributed by atoms with Crippen molar-refractivity contribution in [1.29, 1.82) is 0 Å². The van der Waals surface area contributed by atoms with E-state index >= 15 is 0 Å². The minimum atomic E-state index is 0.556. The summed E-state index contributed by atoms with van der Waals surface area (Å²) in [5, 5.41) is 3.59. The highest BCUT2D eigenvalue weighted by Gasteiger charge is 2.27. The van der Waals surface area contributed by atoms with Crippen LogP contribution in [-0.2, 0) is 0 Å². The van der Waals surface area contributed by atoms with Gasteiger partial charge in [0.15, 0.2) is 0 Å². The molecule has 2 heteroatoms. The Morgan fingerprint density at radius 2 is 1.93 bits per heavy atom. The first-order valence-electron chi connectivity index (χ1n) is 6.05. The van der Waals surface area contributed by atoms with Crippen LogP contribution < -0.4 is 5.32 Å². The molecule has 0 aromatic heterocycles. The number of hydrogen-bond donors (Lipinski definition) is 1. The molecule has 1 fully saturated rings. The van der Waals surface area contributed by atoms with Gasteiger partial charge in [0, 0.05) is 6.54 Å². The zero-order valence-electron chi connectivity index (χ0n) is 10.1. The summed E-state index contributed by atoms with van der Waals surface area (Å²) < 4.78 is 0. The molecule has 84 valence electrons. The maximum absolute atomic E-state index is 3.59. The summed E-state index contributed by atoms with van der Waals surface area (Å²) in [6, 6.07) is 0. The monoisotopic (exact) mass is 198 g/mol. The molecule has 0 aliphatic carbocycles. The molecule has 1 heterocycles. The van der Waals surface area contributed by atoms with Crippen molar-refractivity contribution in [1.82, 2.24) is 10.2 Å². The Morgan fingerprint density at radius 1 is 1.29 bits per heavy atom. The lowest BCUT2D eigenvalue weighted by atomic mass is 9.80. The Morgan fingerprint density at radius 3 is 2.50 bits per heavy atom. The second-order valence-electron chi connectivity index (χ2n) is 5.14. The molecular weight excluding hydrogens is 172 g/mol. The molecule has 1 rings (SSSR count). The highest BCUT2D eigenvalue weighted by atomic mass is 15.1. The molecule has 0 unspecified atom stereocenters. The number of nitrogens with one attached hydrogen (secondary N) is 1. The maximum atomic E-state index is 3.59. The first-order chi connectivity index (χ1) is 6.66. The fourth-order valence-corrected chi connectivity index (χ4v) is 2.03. The first-order valence-corrected chi connectivity index (χ1v) is 6.05. The van der Waals surface area contributed by atoms with Gasteiger partial charge in [-0.15, -0.1) is 0 Å². The molecule has 0 radical (unpaired) electrons. The molecule has 0 aromatic carbocycles. The zero-order valence-corrected chi connectivity index (χ0v) is 10.1. The van der Waals surface area contributed by atoms with E-state index in [1.165, 1.54) is 51.9 Å². The molecule has 0 aromatic rings. The van der Waals surface area contributed by atoms with Crippen molar-refractivity contribution in [2.24, 2.45) is 5.41 Å². The lowest BCUT2D eigenvalue weighted by Crippen LogP contribution is -2.42. The molecule has 0 amide bonds. The summed E-state index contributed by atoms with van der Waals surface area (Å²) in [6.07, 6.45) is 5.31. The minimum absolute atomic E-state index is 0.556. The Labute approximate surface area is 89.1 Å². The summed E-state index contributed by atoms with van der Waals surface area (Å²) in [5.74, 6) is 0. The first kappa shape index (κ1) is 12.0. The summed E-state index contributed by atoms with van der Waals surface area (Å²) in [7, 11) is 2.23. The molecular formula is C12H26N2. The van der Waals surface area contributed by atoms with Gasteiger partial charge in [0.1, 0.15) is 0 Å². The predicted molar refractivity (Wildman–Crippen MR) is 62.6 cm³/mol. The SMILES string of the molecule is CCCCNCC1(C)CCN(C)CC1. The molecule has 2 nitrogen and oxygen atoms in total. The van der Waals surface area contributed by atoms with Crippen LogP contribution in [0.15, 0.2) is 0 Å². The van der Waals surface area contributed by atoms with Crippen molar-refractivity contribution in [3.05, 3.63) is 0 Å². The van der Waals surface area contributed by atoms with Gasteiger partial charge >= 0.3 is 0 Å². The molecule has 14 heavy (non-hydrogen) atoms. The molecule has 0 bridgehead atoms. The summed E-state index contributed by atoms with van der Waals surface area (Å²) in [6.45, 7) is 9.62. The van der Waals surface area contributed by atoms with E-state index in [2.05, 4.69) is 31.1 Å². The maximum Gasteiger partial charge on any atom is 0.000612 e. The molecule has 1 aliphatic heterocycles. The van der Waals surface area contributed by atoms with Gasteiger partial charge in [0.25, 0.3) is 0 Å². The molecule has 1 saturated heterocycles. The van der Waals surface area contributed by atoms with Gasteiger partial charge in [0.2, 0.25) is 0 Å². The second kappa shape index (κ2) is 5.72. The summed E-state index contributed by atoms with van der Waals surface area (Å²) in [4.78, 5) is 2.44. The predicted octanol–water partition coefficient (Wildman–Crippen LogP) is 2.11. The Hall–Kier alpha value is -0.0800. The van der Waals surface area contributed by atoms with E-state index in [1.54, 1.807) is 0 Å². The third-order valence-corrected chi connectivity index (χ3v) is 3.45. The van der Waals surface area contributed by atoms with Gasteiger partial charge in [-0.05, 0) is 51.4 Å². The topological polar surface area (TPSA) is 15.3 Å². The van der Waals surface area contributed by atoms with Crippen molar-refractivity contribution in [3.63, 3.8) is 0 Å². The molecule has 0 saturated carbocycles. The van der Waals surface area contributed by atoms with E-state index in [1.807, 2.05) is 0 Å². The normalized spacial score (nSPS) is 22.5. The fourth-order valence-electron chi connectivity index (χ4n) is 2.03. The smallest absolute Gasteiger partial charge is 0.000612 e. The van der Waals surface area contributed by atoms with Gasteiger partial charge in [-0.2, -0.15) is 0 Å². The van der Waals surface area contributed by atoms with Crippen LogP contribution in [0.4, 0.5) is 0 Å². The fraction of sp³-hybridized carbons (Fsp3) is 1.00. The van der Waals surface area contributed by atoms with Crippen LogP contribution in [0.1, 0.15) is 39.5 Å². The van der Waals surface area contributed by atoms with E-state index < -0.39 is 0 Å². The van der Waals surface area contributed by atoms with Crippen molar-refractivity contribution < 1.29 is 0 Å². The Kier molecular flexibility index (Phi) is 4.90. The van der Waals surface area contributed by atoms with Crippen molar-refractivity contribution in [3.8, 4) is 0 Å². The van der Waals surface area contributed by atoms with Crippen LogP contribution >= 0.6 is 0 Å². The van der Waals surface area contributed by atoms with Crippen LogP contribution in [0, 0.1) is 5.41 Å². The number of piperidine rings is 1. The van der Waals surface area contributed by atoms with Crippen molar-refractivity contribution in [2.75, 3.05) is 33.2 Å². The van der Waals surface area contributed by atoms with E-state index in [-0.39, 0.29) is 0 Å². The van der Waals surface area contributed by atoms with Crippen LogP contribution in [0.2, 0.25) is 0 Å². The Bertz CT molecular complexity index is 148. The molecule has 0 atom stereocenters. The third-order valence-electron chi connectivity index (χ3n) is 3.45. The van der Waals surface area contributed by atoms with Gasteiger partial charge in [0.05, 0.1) is 0 Å². The minimum Gasteiger partial charge on any atom is -0.316 e. The third kappa shape index (κ3) is 3.97. The highest BCUT2D eigenvalue weighted by molar-refractivity contribution is 4.82. The van der Waals surface area contributed by atoms with Gasteiger partial charge < -0.3 is 10.2 Å². The van der Waals surface area contributed by atoms with Crippen LogP contribution in [0.3, 0.4) is 0 Å². The van der Waals surface area contributed by atoms with Crippen molar-refractivity contribution >= 4 is 0 Å². The average molecular weight is 198 g/mol. The number of hydrogen-bond acceptors (Lipinski definition) is 2. The van der Waals surface area contributed by atoms with Gasteiger partial charge in [-0.3, -0.25) is 0 Å². The largest absolute Gasteiger partial charge is 0.316 e. The summed E-state index contributed by atoms with van der Waals surface area (Å²) >= 11 is 0. The van der Waals surface area contributed by atoms with Gasteiger partial charge in [-0.1, -0.05) is 20.3 Å². The van der Waals surface area contributed by atoms with E-state index in [0.717, 1.165) is 0 Å². The average Bonchev–Trinajstić information content (AvgIpc) is 2.18. The molecule has 0 spiro atoms. The lowest BCUT2D eigenvalue weighted by Gasteiger charge is -2.38. The highest BCUT2D eigenvalue weighted by Crippen LogP contribution is 2.29. The zero-order chi connectivity index (χ0) is 10.4. The number of nitrogens with zero attached hydrogens (tertiary/aromatic N) is 1. The van der Waals surface area contributed by atoms with E-state index in [0.29, 0.717) is 5.41 Å². The lowest BCUT2D eigenvalue weighted by molar-refractivity contribution is 0.137. The van der Waals surface area contributed by atoms with Crippen LogP contribution in [-0.4, -0.2) is 38.1 Å². The molecule has 1 aliphatic rings. The second-order valence-corrected chi connectivity index (χ2v) is 5.14. The quantitative estimate of drug-likeness (QED) is 0.681. The number of likely N-dealkylation sites (tertiary alicyclic amines) is 1. The van der Waals surface area contributed by atoms with Crippen LogP contribution in [0.5, 0.6) is 0 Å². The Balaban J connectivity index is 2.15. The summed E-state index contributed by atoms with van der Waals surface area (Å²) in [5.41, 5.74) is 0.556. The van der Waals surface area contributed by atoms with Crippen LogP contribution in [0.25, 0.3) is 0 Å². The number of unbranched alkanes of at least 4 members (excludes halogenated alkanes) is 1. The van der Waals surface area contributed by atoms with E-state index in [9.17, 15) is 0 Å².